The quantitative estimate of drug-likeness (QED) is 0.0207. The lowest BCUT2D eigenvalue weighted by Crippen LogP contribution is -2.51. The first-order valence-corrected chi connectivity index (χ1v) is 38.7. The molecule has 1 fully saturated rings. The van der Waals surface area contributed by atoms with Crippen LogP contribution in [0.2, 0.25) is 0 Å². The van der Waals surface area contributed by atoms with E-state index in [1.54, 1.807) is 13.8 Å². The first kappa shape index (κ1) is 91.8. The third kappa shape index (κ3) is 52.4. The summed E-state index contributed by atoms with van der Waals surface area (Å²) in [5, 5.41) is 40.5. The Morgan fingerprint density at radius 2 is 1.10 bits per heavy atom. The van der Waals surface area contributed by atoms with Crippen LogP contribution in [0.1, 0.15) is 292 Å². The normalized spacial score (nSPS) is 16.1. The second-order valence-corrected chi connectivity index (χ2v) is 27.8. The second-order valence-electron chi connectivity index (χ2n) is 27.8. The van der Waals surface area contributed by atoms with Crippen LogP contribution >= 0.6 is 0 Å². The number of carbonyl (C=O) groups is 7. The fraction of sp³-hybridized carbons (Fsp3) is 0.808. The average Bonchev–Trinajstić information content (AvgIpc) is 1.70. The molecule has 21 nitrogen and oxygen atoms in total. The standard InChI is InChI=1S/C78H140N6O15/c1-9-12-14-16-18-20-22-24-26-28-30-32-34-36-38-43-52-78(53-44-39-37-35-33-31-29-27-25-23-21-19-17-15-13-10-2)98-62-67(99-78)51-57-84(8)56-46-40-41-48-70(85)81-63-77(7,11-3)97-61-66(6)95-58-55-80-73(89)64(4)60-96-65(5)59-71(86)79-54-45-42-47-68(74(90)91)82-76(94)83-69(75(92)93)49-50-72(87)88/h18-21,24-27,64-69H,9-17,22-23,28-63H2,1-8H3,(H,79,86)(H,80,89)(H,81,85)(H,87,88)(H,90,91)(H,92,93)(H2,82,83,94)/b20-18-,21-19-,26-24-,27-25-/t64?,65?,66?,67?,68-,69-,77?/m1/s1. The maximum atomic E-state index is 13.0. The summed E-state index contributed by atoms with van der Waals surface area (Å²) in [6, 6.07) is -3.90. The largest absolute Gasteiger partial charge is 0.481 e. The molecule has 1 rings (SSSR count). The summed E-state index contributed by atoms with van der Waals surface area (Å²) in [5.74, 6) is -5.48. The lowest BCUT2D eigenvalue weighted by Gasteiger charge is -2.30. The summed E-state index contributed by atoms with van der Waals surface area (Å²) in [4.78, 5) is 86.8. The number of nitrogens with zero attached hydrogens (tertiary/aromatic N) is 1. The second kappa shape index (κ2) is 60.4. The van der Waals surface area contributed by atoms with Crippen LogP contribution in [0.15, 0.2) is 48.6 Å². The van der Waals surface area contributed by atoms with Gasteiger partial charge in [0.15, 0.2) is 5.79 Å². The first-order valence-electron chi connectivity index (χ1n) is 38.7. The van der Waals surface area contributed by atoms with Crippen LogP contribution in [0, 0.1) is 5.92 Å². The van der Waals surface area contributed by atoms with Crippen molar-refractivity contribution in [3.05, 3.63) is 48.6 Å². The Hall–Kier alpha value is -5.19. The van der Waals surface area contributed by atoms with E-state index in [0.717, 1.165) is 77.3 Å². The fourth-order valence-electron chi connectivity index (χ4n) is 11.5. The molecule has 0 bridgehead atoms. The summed E-state index contributed by atoms with van der Waals surface area (Å²) in [7, 11) is 2.19. The number of unbranched alkanes of at least 4 members (excludes halogenated alkanes) is 21. The number of rotatable bonds is 67. The lowest BCUT2D eigenvalue weighted by atomic mass is 9.98. The zero-order valence-corrected chi connectivity index (χ0v) is 63.0. The molecule has 1 saturated heterocycles. The van der Waals surface area contributed by atoms with Crippen molar-refractivity contribution in [1.29, 1.82) is 0 Å². The van der Waals surface area contributed by atoms with Crippen LogP contribution in [-0.2, 0) is 52.5 Å². The minimum atomic E-state index is -1.51. The summed E-state index contributed by atoms with van der Waals surface area (Å²) in [6.45, 7) is 18.0. The fourth-order valence-corrected chi connectivity index (χ4v) is 11.5. The van der Waals surface area contributed by atoms with Crippen molar-refractivity contribution in [2.24, 2.45) is 5.92 Å². The number of urea groups is 1. The van der Waals surface area contributed by atoms with Crippen molar-refractivity contribution in [1.82, 2.24) is 31.5 Å². The Labute approximate surface area is 598 Å². The van der Waals surface area contributed by atoms with Crippen molar-refractivity contribution in [3.63, 3.8) is 0 Å². The van der Waals surface area contributed by atoms with Crippen molar-refractivity contribution in [2.45, 2.75) is 334 Å². The molecule has 1 aliphatic heterocycles. The summed E-state index contributed by atoms with van der Waals surface area (Å²) >= 11 is 0. The van der Waals surface area contributed by atoms with E-state index >= 15 is 0 Å². The van der Waals surface area contributed by atoms with Crippen LogP contribution in [0.4, 0.5) is 4.79 Å². The molecule has 1 heterocycles. The highest BCUT2D eigenvalue weighted by Crippen LogP contribution is 2.36. The molecule has 5 amide bonds. The molecule has 0 aromatic heterocycles. The topological polar surface area (TPSA) is 290 Å². The summed E-state index contributed by atoms with van der Waals surface area (Å²) in [6.07, 6.45) is 54.6. The van der Waals surface area contributed by atoms with Crippen molar-refractivity contribution < 1.29 is 72.6 Å². The lowest BCUT2D eigenvalue weighted by molar-refractivity contribution is -0.180. The van der Waals surface area contributed by atoms with Crippen molar-refractivity contribution in [2.75, 3.05) is 66.2 Å². The zero-order valence-electron chi connectivity index (χ0n) is 63.0. The number of amides is 5. The number of carboxylic acids is 3. The SMILES string of the molecule is CCCCC/C=C\C/C=C\CCCCCCCCC1(CCCCCCCC/C=C\C/C=C\CCCCC)OCC(CCN(C)CCCCCC(=O)NCC(C)(CC)OCC(C)OCCNC(=O)C(C)COC(C)CC(=O)NCCCC[C@@H](NC(=O)N[C@H](CCC(=O)O)C(=O)O)C(=O)O)O1. The summed E-state index contributed by atoms with van der Waals surface area (Å²) < 4.78 is 31.5. The van der Waals surface area contributed by atoms with Gasteiger partial charge in [0.25, 0.3) is 0 Å². The Bertz CT molecular complexity index is 2200. The van der Waals surface area contributed by atoms with E-state index in [1.165, 1.54) is 128 Å². The highest BCUT2D eigenvalue weighted by Gasteiger charge is 2.40. The van der Waals surface area contributed by atoms with E-state index < -0.39 is 65.9 Å². The number of aliphatic carboxylic acids is 3. The van der Waals surface area contributed by atoms with E-state index in [4.69, 9.17) is 28.8 Å². The van der Waals surface area contributed by atoms with Crippen LogP contribution in [0.25, 0.3) is 0 Å². The number of hydrogen-bond donors (Lipinski definition) is 8. The van der Waals surface area contributed by atoms with Gasteiger partial charge in [0.05, 0.1) is 62.7 Å². The van der Waals surface area contributed by atoms with Gasteiger partial charge in [0, 0.05) is 51.9 Å². The van der Waals surface area contributed by atoms with Gasteiger partial charge < -0.3 is 70.5 Å². The van der Waals surface area contributed by atoms with Gasteiger partial charge in [0.2, 0.25) is 17.7 Å². The Morgan fingerprint density at radius 1 is 0.566 bits per heavy atom. The van der Waals surface area contributed by atoms with Gasteiger partial charge in [-0.05, 0) is 163 Å². The van der Waals surface area contributed by atoms with Gasteiger partial charge in [-0.25, -0.2) is 14.4 Å². The van der Waals surface area contributed by atoms with Gasteiger partial charge in [-0.3, -0.25) is 19.2 Å². The van der Waals surface area contributed by atoms with Crippen molar-refractivity contribution in [3.8, 4) is 0 Å². The number of nitrogens with one attached hydrogen (secondary N) is 5. The molecule has 8 N–H and O–H groups in total. The molecular formula is C78H140N6O15. The van der Waals surface area contributed by atoms with Crippen LogP contribution < -0.4 is 26.6 Å². The molecule has 0 saturated carbocycles. The predicted octanol–water partition coefficient (Wildman–Crippen LogP) is 15.0. The minimum Gasteiger partial charge on any atom is -0.481 e. The predicted molar refractivity (Wildman–Crippen MR) is 396 cm³/mol. The molecule has 572 valence electrons. The number of carboxylic acid groups (broad SMARTS) is 3. The van der Waals surface area contributed by atoms with Crippen LogP contribution in [0.3, 0.4) is 0 Å². The third-order valence-corrected chi connectivity index (χ3v) is 18.2. The van der Waals surface area contributed by atoms with E-state index in [-0.39, 0.29) is 75.5 Å². The molecule has 0 aliphatic carbocycles. The molecule has 0 aromatic rings. The Kier molecular flexibility index (Phi) is 56.0. The molecule has 21 heteroatoms. The van der Waals surface area contributed by atoms with Gasteiger partial charge in [-0.1, -0.05) is 160 Å². The molecule has 7 atom stereocenters. The molecule has 99 heavy (non-hydrogen) atoms. The molecule has 5 unspecified atom stereocenters. The molecule has 0 spiro atoms. The van der Waals surface area contributed by atoms with Crippen molar-refractivity contribution >= 4 is 41.7 Å². The van der Waals surface area contributed by atoms with E-state index in [9.17, 15) is 43.8 Å². The smallest absolute Gasteiger partial charge is 0.326 e. The molecular weight excluding hydrogens is 1260 g/mol. The molecule has 0 aromatic carbocycles. The summed E-state index contributed by atoms with van der Waals surface area (Å²) in [5.41, 5.74) is -0.572. The monoisotopic (exact) mass is 1400 g/mol. The van der Waals surface area contributed by atoms with Gasteiger partial charge in [-0.15, -0.1) is 0 Å². The van der Waals surface area contributed by atoms with Gasteiger partial charge in [-0.2, -0.15) is 0 Å². The molecule has 1 aliphatic rings. The van der Waals surface area contributed by atoms with Gasteiger partial charge >= 0.3 is 23.9 Å². The third-order valence-electron chi connectivity index (χ3n) is 18.2. The minimum absolute atomic E-state index is 0.00179. The number of allylic oxidation sites excluding steroid dienone is 8. The van der Waals surface area contributed by atoms with Crippen LogP contribution in [-0.4, -0.2) is 170 Å². The van der Waals surface area contributed by atoms with Gasteiger partial charge in [0.1, 0.15) is 12.1 Å². The maximum Gasteiger partial charge on any atom is 0.326 e. The number of hydrogen-bond acceptors (Lipinski definition) is 13. The number of carbonyl (C=O) groups excluding carboxylic acids is 4. The maximum absolute atomic E-state index is 13.0. The highest BCUT2D eigenvalue weighted by molar-refractivity contribution is 5.86. The average molecular weight is 1400 g/mol. The van der Waals surface area contributed by atoms with E-state index in [0.29, 0.717) is 45.4 Å². The van der Waals surface area contributed by atoms with E-state index in [2.05, 4.69) is 101 Å². The van der Waals surface area contributed by atoms with Crippen LogP contribution in [0.5, 0.6) is 0 Å². The van der Waals surface area contributed by atoms with E-state index in [1.807, 2.05) is 20.8 Å². The Morgan fingerprint density at radius 3 is 1.65 bits per heavy atom. The Balaban J connectivity index is 2.37. The zero-order chi connectivity index (χ0) is 73.0. The highest BCUT2D eigenvalue weighted by atomic mass is 16.7. The number of ether oxygens (including phenoxy) is 5. The first-order chi connectivity index (χ1) is 47.7. The molecule has 0 radical (unpaired) electrons.